The van der Waals surface area contributed by atoms with Crippen molar-refractivity contribution in [2.24, 2.45) is 11.3 Å². The zero-order valence-corrected chi connectivity index (χ0v) is 15.8. The van der Waals surface area contributed by atoms with Crippen LogP contribution in [-0.2, 0) is 9.59 Å². The number of carbonyl (C=O) groups excluding carboxylic acids is 2. The summed E-state index contributed by atoms with van der Waals surface area (Å²) in [6, 6.07) is 6.93. The van der Waals surface area contributed by atoms with Crippen LogP contribution in [0.3, 0.4) is 0 Å². The summed E-state index contributed by atoms with van der Waals surface area (Å²) in [5, 5.41) is 5.79. The first-order chi connectivity index (χ1) is 11.1. The van der Waals surface area contributed by atoms with Gasteiger partial charge in [-0.25, -0.2) is 0 Å². The Labute approximate surface area is 145 Å². The lowest BCUT2D eigenvalue weighted by atomic mass is 9.94. The van der Waals surface area contributed by atoms with E-state index in [4.69, 9.17) is 4.74 Å². The lowest BCUT2D eigenvalue weighted by Crippen LogP contribution is -2.49. The van der Waals surface area contributed by atoms with Crippen LogP contribution in [0.5, 0.6) is 5.75 Å². The molecule has 134 valence electrons. The molecule has 5 heteroatoms. The van der Waals surface area contributed by atoms with Crippen LogP contribution in [0.2, 0.25) is 0 Å². The lowest BCUT2D eigenvalue weighted by molar-refractivity contribution is -0.133. The molecule has 0 aliphatic carbocycles. The van der Waals surface area contributed by atoms with Crippen molar-refractivity contribution in [3.8, 4) is 5.75 Å². The van der Waals surface area contributed by atoms with E-state index >= 15 is 0 Å². The molecular formula is C19H30N2O3. The molecule has 1 aromatic carbocycles. The average molecular weight is 334 g/mol. The van der Waals surface area contributed by atoms with E-state index in [-0.39, 0.29) is 23.8 Å². The SMILES string of the molecule is COc1ccc(C(NC(=O)C(C)NC(=O)C(C)(C)C)C(C)C)cc1. The highest BCUT2D eigenvalue weighted by molar-refractivity contribution is 5.89. The number of amides is 2. The fourth-order valence-corrected chi connectivity index (χ4v) is 2.20. The second-order valence-electron chi connectivity index (χ2n) is 7.45. The van der Waals surface area contributed by atoms with E-state index in [9.17, 15) is 9.59 Å². The minimum atomic E-state index is -0.587. The van der Waals surface area contributed by atoms with Crippen molar-refractivity contribution in [3.63, 3.8) is 0 Å². The summed E-state index contributed by atoms with van der Waals surface area (Å²) < 4.78 is 5.17. The predicted molar refractivity (Wildman–Crippen MR) is 95.8 cm³/mol. The largest absolute Gasteiger partial charge is 0.497 e. The molecule has 5 nitrogen and oxygen atoms in total. The van der Waals surface area contributed by atoms with Gasteiger partial charge in [-0.15, -0.1) is 0 Å². The quantitative estimate of drug-likeness (QED) is 0.840. The third kappa shape index (κ3) is 5.55. The third-order valence-electron chi connectivity index (χ3n) is 3.86. The Morgan fingerprint density at radius 1 is 1.00 bits per heavy atom. The number of benzene rings is 1. The minimum absolute atomic E-state index is 0.127. The molecule has 0 spiro atoms. The summed E-state index contributed by atoms with van der Waals surface area (Å²) in [5.74, 6) is 0.657. The Morgan fingerprint density at radius 3 is 1.96 bits per heavy atom. The normalized spacial score (nSPS) is 14.0. The van der Waals surface area contributed by atoms with Gasteiger partial charge in [-0.3, -0.25) is 9.59 Å². The molecule has 2 atom stereocenters. The van der Waals surface area contributed by atoms with Crippen LogP contribution in [0.1, 0.15) is 53.1 Å². The van der Waals surface area contributed by atoms with Gasteiger partial charge in [0.25, 0.3) is 0 Å². The summed E-state index contributed by atoms with van der Waals surface area (Å²) in [6.45, 7) is 11.3. The zero-order valence-electron chi connectivity index (χ0n) is 15.8. The molecule has 0 saturated carbocycles. The summed E-state index contributed by atoms with van der Waals surface area (Å²) in [7, 11) is 1.62. The molecule has 0 aliphatic rings. The molecule has 1 rings (SSSR count). The second kappa shape index (κ2) is 8.18. The van der Waals surface area contributed by atoms with Crippen LogP contribution >= 0.6 is 0 Å². The number of nitrogens with one attached hydrogen (secondary N) is 2. The molecule has 0 heterocycles. The molecule has 2 unspecified atom stereocenters. The van der Waals surface area contributed by atoms with Crippen LogP contribution in [0, 0.1) is 11.3 Å². The highest BCUT2D eigenvalue weighted by atomic mass is 16.5. The van der Waals surface area contributed by atoms with Crippen LogP contribution in [0.15, 0.2) is 24.3 Å². The number of ether oxygens (including phenoxy) is 1. The fourth-order valence-electron chi connectivity index (χ4n) is 2.20. The first-order valence-corrected chi connectivity index (χ1v) is 8.31. The number of rotatable bonds is 6. The molecule has 0 saturated heterocycles. The van der Waals surface area contributed by atoms with Crippen molar-refractivity contribution in [2.75, 3.05) is 7.11 Å². The first kappa shape index (κ1) is 20.0. The Bertz CT molecular complexity index is 559. The van der Waals surface area contributed by atoms with E-state index in [1.807, 2.05) is 58.9 Å². The van der Waals surface area contributed by atoms with Crippen molar-refractivity contribution >= 4 is 11.8 Å². The third-order valence-corrected chi connectivity index (χ3v) is 3.86. The molecule has 0 radical (unpaired) electrons. The van der Waals surface area contributed by atoms with Crippen LogP contribution < -0.4 is 15.4 Å². The Kier molecular flexibility index (Phi) is 6.81. The number of hydrogen-bond donors (Lipinski definition) is 2. The number of carbonyl (C=O) groups is 2. The van der Waals surface area contributed by atoms with E-state index in [0.717, 1.165) is 11.3 Å². The molecule has 2 amide bonds. The zero-order chi connectivity index (χ0) is 18.5. The Hall–Kier alpha value is -2.04. The van der Waals surface area contributed by atoms with Gasteiger partial charge in [0.05, 0.1) is 13.2 Å². The number of hydrogen-bond acceptors (Lipinski definition) is 3. The van der Waals surface area contributed by atoms with Gasteiger partial charge in [-0.1, -0.05) is 46.8 Å². The van der Waals surface area contributed by atoms with E-state index in [1.54, 1.807) is 14.0 Å². The summed E-state index contributed by atoms with van der Waals surface area (Å²) in [6.07, 6.45) is 0. The lowest BCUT2D eigenvalue weighted by Gasteiger charge is -2.26. The maximum atomic E-state index is 12.5. The highest BCUT2D eigenvalue weighted by Crippen LogP contribution is 2.24. The second-order valence-corrected chi connectivity index (χ2v) is 7.45. The van der Waals surface area contributed by atoms with Crippen molar-refractivity contribution in [1.29, 1.82) is 0 Å². The van der Waals surface area contributed by atoms with Crippen molar-refractivity contribution in [3.05, 3.63) is 29.8 Å². The molecule has 24 heavy (non-hydrogen) atoms. The molecule has 2 N–H and O–H groups in total. The maximum Gasteiger partial charge on any atom is 0.242 e. The van der Waals surface area contributed by atoms with Gasteiger partial charge < -0.3 is 15.4 Å². The average Bonchev–Trinajstić information content (AvgIpc) is 2.51. The van der Waals surface area contributed by atoms with Crippen molar-refractivity contribution in [1.82, 2.24) is 10.6 Å². The van der Waals surface area contributed by atoms with Crippen LogP contribution in [0.25, 0.3) is 0 Å². The number of methoxy groups -OCH3 is 1. The monoisotopic (exact) mass is 334 g/mol. The fraction of sp³-hybridized carbons (Fsp3) is 0.579. The van der Waals surface area contributed by atoms with Gasteiger partial charge in [0.15, 0.2) is 0 Å². The van der Waals surface area contributed by atoms with Gasteiger partial charge in [0.1, 0.15) is 11.8 Å². The van der Waals surface area contributed by atoms with Gasteiger partial charge in [-0.2, -0.15) is 0 Å². The summed E-state index contributed by atoms with van der Waals surface area (Å²) in [4.78, 5) is 24.5. The standard InChI is InChI=1S/C19H30N2O3/c1-12(2)16(14-8-10-15(24-7)11-9-14)21-17(22)13(3)20-18(23)19(4,5)6/h8-13,16H,1-7H3,(H,20,23)(H,21,22). The van der Waals surface area contributed by atoms with E-state index in [0.29, 0.717) is 0 Å². The molecule has 0 bridgehead atoms. The molecule has 0 aromatic heterocycles. The molecule has 0 fully saturated rings. The Morgan fingerprint density at radius 2 is 1.54 bits per heavy atom. The van der Waals surface area contributed by atoms with Crippen LogP contribution in [-0.4, -0.2) is 25.0 Å². The molecule has 1 aromatic rings. The van der Waals surface area contributed by atoms with Gasteiger partial charge in [-0.05, 0) is 30.5 Å². The van der Waals surface area contributed by atoms with E-state index < -0.39 is 11.5 Å². The maximum absolute atomic E-state index is 12.5. The molecular weight excluding hydrogens is 304 g/mol. The van der Waals surface area contributed by atoms with Crippen molar-refractivity contribution in [2.45, 2.75) is 53.6 Å². The minimum Gasteiger partial charge on any atom is -0.497 e. The Balaban J connectivity index is 2.80. The van der Waals surface area contributed by atoms with Crippen LogP contribution in [0.4, 0.5) is 0 Å². The van der Waals surface area contributed by atoms with Gasteiger partial charge in [0.2, 0.25) is 11.8 Å². The highest BCUT2D eigenvalue weighted by Gasteiger charge is 2.27. The predicted octanol–water partition coefficient (Wildman–Crippen LogP) is 3.06. The van der Waals surface area contributed by atoms with Crippen molar-refractivity contribution < 1.29 is 14.3 Å². The summed E-state index contributed by atoms with van der Waals surface area (Å²) in [5.41, 5.74) is 0.482. The smallest absolute Gasteiger partial charge is 0.242 e. The molecule has 0 aliphatic heterocycles. The van der Waals surface area contributed by atoms with E-state index in [1.165, 1.54) is 0 Å². The van der Waals surface area contributed by atoms with Gasteiger partial charge >= 0.3 is 0 Å². The van der Waals surface area contributed by atoms with Gasteiger partial charge in [0, 0.05) is 5.41 Å². The topological polar surface area (TPSA) is 67.4 Å². The summed E-state index contributed by atoms with van der Waals surface area (Å²) >= 11 is 0. The first-order valence-electron chi connectivity index (χ1n) is 8.31. The van der Waals surface area contributed by atoms with E-state index in [2.05, 4.69) is 10.6 Å².